The van der Waals surface area contributed by atoms with E-state index in [9.17, 15) is 14.4 Å². The molecule has 6 heteroatoms. The Morgan fingerprint density at radius 1 is 1.09 bits per heavy atom. The van der Waals surface area contributed by atoms with Gasteiger partial charge in [0.15, 0.2) is 0 Å². The number of amides is 1. The van der Waals surface area contributed by atoms with Crippen molar-refractivity contribution in [3.63, 3.8) is 0 Å². The SMILES string of the molecule is CCCCNC(=O)Cn1ccn(-c2ccccc2)c(=O)c1=O. The fourth-order valence-corrected chi connectivity index (χ4v) is 2.04. The second-order valence-corrected chi connectivity index (χ2v) is 4.95. The summed E-state index contributed by atoms with van der Waals surface area (Å²) in [7, 11) is 0. The molecule has 1 aromatic heterocycles. The van der Waals surface area contributed by atoms with Crippen molar-refractivity contribution in [3.05, 3.63) is 63.4 Å². The zero-order chi connectivity index (χ0) is 15.9. The monoisotopic (exact) mass is 301 g/mol. The van der Waals surface area contributed by atoms with Crippen LogP contribution in [0.15, 0.2) is 52.3 Å². The van der Waals surface area contributed by atoms with Crippen LogP contribution in [-0.2, 0) is 11.3 Å². The molecular weight excluding hydrogens is 282 g/mol. The number of rotatable bonds is 6. The van der Waals surface area contributed by atoms with E-state index in [4.69, 9.17) is 0 Å². The van der Waals surface area contributed by atoms with E-state index in [1.807, 2.05) is 13.0 Å². The lowest BCUT2D eigenvalue weighted by molar-refractivity contribution is -0.121. The van der Waals surface area contributed by atoms with Crippen molar-refractivity contribution in [2.45, 2.75) is 26.3 Å². The van der Waals surface area contributed by atoms with Gasteiger partial charge < -0.3 is 5.32 Å². The third-order valence-electron chi connectivity index (χ3n) is 3.26. The quantitative estimate of drug-likeness (QED) is 0.637. The molecule has 1 amide bonds. The fraction of sp³-hybridized carbons (Fsp3) is 0.312. The van der Waals surface area contributed by atoms with E-state index in [1.54, 1.807) is 24.3 Å². The summed E-state index contributed by atoms with van der Waals surface area (Å²) in [5.74, 6) is -0.271. The van der Waals surface area contributed by atoms with Crippen LogP contribution in [0, 0.1) is 0 Å². The molecular formula is C16H19N3O3. The molecule has 0 bridgehead atoms. The first-order valence-corrected chi connectivity index (χ1v) is 7.27. The van der Waals surface area contributed by atoms with Crippen molar-refractivity contribution in [1.82, 2.24) is 14.5 Å². The third-order valence-corrected chi connectivity index (χ3v) is 3.26. The maximum absolute atomic E-state index is 12.1. The van der Waals surface area contributed by atoms with Gasteiger partial charge in [-0.05, 0) is 18.6 Å². The Hall–Kier alpha value is -2.63. The molecule has 0 fully saturated rings. The minimum atomic E-state index is -0.711. The van der Waals surface area contributed by atoms with E-state index in [0.29, 0.717) is 12.2 Å². The van der Waals surface area contributed by atoms with Crippen LogP contribution in [0.5, 0.6) is 0 Å². The normalized spacial score (nSPS) is 10.4. The van der Waals surface area contributed by atoms with E-state index in [1.165, 1.54) is 17.0 Å². The summed E-state index contributed by atoms with van der Waals surface area (Å²) in [5.41, 5.74) is -0.767. The maximum atomic E-state index is 12.1. The molecule has 0 unspecified atom stereocenters. The Bertz CT molecular complexity index is 747. The van der Waals surface area contributed by atoms with Gasteiger partial charge in [-0.2, -0.15) is 0 Å². The van der Waals surface area contributed by atoms with Gasteiger partial charge in [0.05, 0.1) is 0 Å². The standard InChI is InChI=1S/C16H19N3O3/c1-2-3-9-17-14(20)12-18-10-11-19(16(22)15(18)21)13-7-5-4-6-8-13/h4-8,10-11H,2-3,9,12H2,1H3,(H,17,20). The Morgan fingerprint density at radius 3 is 2.50 bits per heavy atom. The van der Waals surface area contributed by atoms with Gasteiger partial charge in [0.25, 0.3) is 0 Å². The smallest absolute Gasteiger partial charge is 0.320 e. The highest BCUT2D eigenvalue weighted by molar-refractivity contribution is 5.75. The second kappa shape index (κ2) is 7.40. The molecule has 6 nitrogen and oxygen atoms in total. The number of nitrogens with zero attached hydrogens (tertiary/aromatic N) is 2. The number of benzene rings is 1. The minimum absolute atomic E-state index is 0.145. The highest BCUT2D eigenvalue weighted by Gasteiger charge is 2.09. The molecule has 0 aliphatic carbocycles. The van der Waals surface area contributed by atoms with Crippen molar-refractivity contribution >= 4 is 5.91 Å². The molecule has 22 heavy (non-hydrogen) atoms. The Balaban J connectivity index is 2.19. The van der Waals surface area contributed by atoms with Crippen LogP contribution in [0.4, 0.5) is 0 Å². The number of carbonyl (C=O) groups excluding carboxylic acids is 1. The van der Waals surface area contributed by atoms with Crippen molar-refractivity contribution in [3.8, 4) is 5.69 Å². The van der Waals surface area contributed by atoms with Gasteiger partial charge >= 0.3 is 11.1 Å². The number of aromatic nitrogens is 2. The average molecular weight is 301 g/mol. The first-order valence-electron chi connectivity index (χ1n) is 7.27. The molecule has 1 aromatic carbocycles. The molecule has 0 saturated heterocycles. The molecule has 116 valence electrons. The third kappa shape index (κ3) is 3.72. The molecule has 1 N–H and O–H groups in total. The summed E-state index contributed by atoms with van der Waals surface area (Å²) in [4.78, 5) is 35.9. The predicted molar refractivity (Wildman–Crippen MR) is 84.2 cm³/mol. The summed E-state index contributed by atoms with van der Waals surface area (Å²) >= 11 is 0. The van der Waals surface area contributed by atoms with Crippen LogP contribution in [0.1, 0.15) is 19.8 Å². The first-order chi connectivity index (χ1) is 10.6. The summed E-state index contributed by atoms with van der Waals surface area (Å²) < 4.78 is 2.40. The summed E-state index contributed by atoms with van der Waals surface area (Å²) in [6, 6.07) is 8.88. The number of para-hydroxylation sites is 1. The summed E-state index contributed by atoms with van der Waals surface area (Å²) in [5, 5.41) is 2.72. The highest BCUT2D eigenvalue weighted by atomic mass is 16.2. The maximum Gasteiger partial charge on any atom is 0.320 e. The highest BCUT2D eigenvalue weighted by Crippen LogP contribution is 2.01. The van der Waals surface area contributed by atoms with Gasteiger partial charge in [-0.15, -0.1) is 0 Å². The number of hydrogen-bond donors (Lipinski definition) is 1. The summed E-state index contributed by atoms with van der Waals surface area (Å²) in [6.45, 7) is 2.46. The molecule has 0 radical (unpaired) electrons. The number of unbranched alkanes of at least 4 members (excludes halogenated alkanes) is 1. The van der Waals surface area contributed by atoms with E-state index in [2.05, 4.69) is 5.32 Å². The Morgan fingerprint density at radius 2 is 1.82 bits per heavy atom. The molecule has 0 saturated carbocycles. The zero-order valence-corrected chi connectivity index (χ0v) is 12.5. The Labute approximate surface area is 128 Å². The number of carbonyl (C=O) groups is 1. The lowest BCUT2D eigenvalue weighted by Crippen LogP contribution is -2.42. The minimum Gasteiger partial charge on any atom is -0.355 e. The van der Waals surface area contributed by atoms with Crippen molar-refractivity contribution in [2.24, 2.45) is 0 Å². The summed E-state index contributed by atoms with van der Waals surface area (Å²) in [6.07, 6.45) is 4.82. The number of nitrogens with one attached hydrogen (secondary N) is 1. The largest absolute Gasteiger partial charge is 0.355 e. The van der Waals surface area contributed by atoms with Crippen molar-refractivity contribution in [2.75, 3.05) is 6.54 Å². The molecule has 2 aromatic rings. The van der Waals surface area contributed by atoms with E-state index >= 15 is 0 Å². The number of hydrogen-bond acceptors (Lipinski definition) is 3. The van der Waals surface area contributed by atoms with Gasteiger partial charge in [-0.25, -0.2) is 0 Å². The van der Waals surface area contributed by atoms with Gasteiger partial charge in [-0.3, -0.25) is 23.5 Å². The van der Waals surface area contributed by atoms with Crippen molar-refractivity contribution < 1.29 is 4.79 Å². The fourth-order valence-electron chi connectivity index (χ4n) is 2.04. The van der Waals surface area contributed by atoms with Crippen LogP contribution >= 0.6 is 0 Å². The van der Waals surface area contributed by atoms with E-state index in [-0.39, 0.29) is 12.5 Å². The molecule has 0 aliphatic rings. The van der Waals surface area contributed by atoms with E-state index < -0.39 is 11.1 Å². The van der Waals surface area contributed by atoms with Crippen LogP contribution in [0.2, 0.25) is 0 Å². The molecule has 0 aliphatic heterocycles. The van der Waals surface area contributed by atoms with Crippen LogP contribution in [0.25, 0.3) is 5.69 Å². The average Bonchev–Trinajstić information content (AvgIpc) is 2.53. The molecule has 1 heterocycles. The van der Waals surface area contributed by atoms with Crippen LogP contribution in [-0.4, -0.2) is 21.6 Å². The molecule has 2 rings (SSSR count). The Kier molecular flexibility index (Phi) is 5.30. The van der Waals surface area contributed by atoms with Gasteiger partial charge in [0.1, 0.15) is 6.54 Å². The van der Waals surface area contributed by atoms with Gasteiger partial charge in [0, 0.05) is 24.6 Å². The lowest BCUT2D eigenvalue weighted by atomic mass is 10.3. The zero-order valence-electron chi connectivity index (χ0n) is 12.5. The van der Waals surface area contributed by atoms with Crippen LogP contribution in [0.3, 0.4) is 0 Å². The molecule has 0 spiro atoms. The predicted octanol–water partition coefficient (Wildman–Crippen LogP) is 0.915. The van der Waals surface area contributed by atoms with Gasteiger partial charge in [-0.1, -0.05) is 31.5 Å². The van der Waals surface area contributed by atoms with Gasteiger partial charge in [0.2, 0.25) is 5.91 Å². The topological polar surface area (TPSA) is 73.1 Å². The van der Waals surface area contributed by atoms with Crippen LogP contribution < -0.4 is 16.4 Å². The first kappa shape index (κ1) is 15.8. The van der Waals surface area contributed by atoms with E-state index in [0.717, 1.165) is 17.4 Å². The lowest BCUT2D eigenvalue weighted by Gasteiger charge is -2.09. The van der Waals surface area contributed by atoms with Crippen molar-refractivity contribution in [1.29, 1.82) is 0 Å². The molecule has 0 atom stereocenters. The second-order valence-electron chi connectivity index (χ2n) is 4.95.